The average Bonchev–Trinajstić information content (AvgIpc) is 3.26. The lowest BCUT2D eigenvalue weighted by atomic mass is 10.4. The fourth-order valence-corrected chi connectivity index (χ4v) is 3.47. The standard InChI is InChI=1S/C14H16N4O6S2/c15-26(22,23)13-4-3-9(25-13)6-16-11(19)7-17-12(20)8-18-14(21)10-2-1-5-24-10/h1-5H,6-8H2,(H,16,19)(H,17,20)(H,18,21)(H2,15,22,23). The maximum atomic E-state index is 11.7. The van der Waals surface area contributed by atoms with Crippen molar-refractivity contribution in [3.8, 4) is 0 Å². The third-order valence-corrected chi connectivity index (χ3v) is 5.50. The number of nitrogens with two attached hydrogens (primary N) is 1. The van der Waals surface area contributed by atoms with Crippen molar-refractivity contribution < 1.29 is 27.2 Å². The molecule has 2 rings (SSSR count). The molecule has 0 radical (unpaired) electrons. The molecule has 3 amide bonds. The van der Waals surface area contributed by atoms with Gasteiger partial charge in [0.2, 0.25) is 21.8 Å². The van der Waals surface area contributed by atoms with E-state index < -0.39 is 27.7 Å². The van der Waals surface area contributed by atoms with Gasteiger partial charge in [-0.3, -0.25) is 14.4 Å². The van der Waals surface area contributed by atoms with Crippen molar-refractivity contribution in [3.05, 3.63) is 41.2 Å². The van der Waals surface area contributed by atoms with Crippen LogP contribution in [0.2, 0.25) is 0 Å². The lowest BCUT2D eigenvalue weighted by Gasteiger charge is -2.06. The summed E-state index contributed by atoms with van der Waals surface area (Å²) < 4.78 is 27.2. The van der Waals surface area contributed by atoms with Crippen LogP contribution >= 0.6 is 11.3 Å². The van der Waals surface area contributed by atoms with E-state index in [2.05, 4.69) is 16.0 Å². The monoisotopic (exact) mass is 400 g/mol. The van der Waals surface area contributed by atoms with E-state index in [1.807, 2.05) is 0 Å². The first-order chi connectivity index (χ1) is 12.3. The second-order valence-electron chi connectivity index (χ2n) is 4.98. The summed E-state index contributed by atoms with van der Waals surface area (Å²) in [5.41, 5.74) is 0. The molecule has 0 unspecified atom stereocenters. The van der Waals surface area contributed by atoms with Crippen molar-refractivity contribution >= 4 is 39.1 Å². The van der Waals surface area contributed by atoms with E-state index in [4.69, 9.17) is 9.56 Å². The number of carbonyl (C=O) groups is 3. The lowest BCUT2D eigenvalue weighted by Crippen LogP contribution is -2.41. The van der Waals surface area contributed by atoms with Gasteiger partial charge in [-0.25, -0.2) is 13.6 Å². The Morgan fingerprint density at radius 2 is 1.73 bits per heavy atom. The number of primary sulfonamides is 1. The number of hydrogen-bond acceptors (Lipinski definition) is 7. The van der Waals surface area contributed by atoms with Crippen molar-refractivity contribution in [2.45, 2.75) is 10.8 Å². The van der Waals surface area contributed by atoms with Gasteiger partial charge in [0.1, 0.15) is 4.21 Å². The fraction of sp³-hybridized carbons (Fsp3) is 0.214. The van der Waals surface area contributed by atoms with E-state index >= 15 is 0 Å². The third kappa shape index (κ3) is 5.98. The van der Waals surface area contributed by atoms with E-state index in [-0.39, 0.29) is 29.6 Å². The van der Waals surface area contributed by atoms with Crippen LogP contribution in [0, 0.1) is 0 Å². The van der Waals surface area contributed by atoms with Crippen LogP contribution in [0.25, 0.3) is 0 Å². The molecule has 0 atom stereocenters. The van der Waals surface area contributed by atoms with Gasteiger partial charge in [-0.1, -0.05) is 0 Å². The van der Waals surface area contributed by atoms with Gasteiger partial charge in [0, 0.05) is 4.88 Å². The van der Waals surface area contributed by atoms with Gasteiger partial charge in [-0.2, -0.15) is 0 Å². The summed E-state index contributed by atoms with van der Waals surface area (Å²) >= 11 is 0.945. The molecule has 0 aliphatic carbocycles. The van der Waals surface area contributed by atoms with Crippen molar-refractivity contribution in [2.75, 3.05) is 13.1 Å². The molecule has 0 saturated heterocycles. The van der Waals surface area contributed by atoms with Crippen molar-refractivity contribution in [3.63, 3.8) is 0 Å². The maximum Gasteiger partial charge on any atom is 0.287 e. The quantitative estimate of drug-likeness (QED) is 0.451. The highest BCUT2D eigenvalue weighted by atomic mass is 32.2. The largest absolute Gasteiger partial charge is 0.459 e. The Bertz CT molecular complexity index is 888. The number of amides is 3. The Labute approximate surface area is 152 Å². The molecule has 0 spiro atoms. The lowest BCUT2D eigenvalue weighted by molar-refractivity contribution is -0.125. The van der Waals surface area contributed by atoms with E-state index in [0.717, 1.165) is 11.3 Å². The Morgan fingerprint density at radius 3 is 2.35 bits per heavy atom. The first kappa shape index (κ1) is 19.6. The van der Waals surface area contributed by atoms with Gasteiger partial charge in [0.25, 0.3) is 5.91 Å². The number of sulfonamides is 1. The molecule has 2 heterocycles. The molecule has 140 valence electrons. The molecule has 0 bridgehead atoms. The Morgan fingerprint density at radius 1 is 1.04 bits per heavy atom. The van der Waals surface area contributed by atoms with Gasteiger partial charge in [-0.05, 0) is 24.3 Å². The van der Waals surface area contributed by atoms with E-state index in [1.54, 1.807) is 6.07 Å². The second-order valence-corrected chi connectivity index (χ2v) is 7.94. The van der Waals surface area contributed by atoms with Crippen molar-refractivity contribution in [1.29, 1.82) is 0 Å². The number of rotatable bonds is 8. The van der Waals surface area contributed by atoms with Crippen LogP contribution in [0.15, 0.2) is 39.2 Å². The molecule has 0 aliphatic rings. The number of thiophene rings is 1. The van der Waals surface area contributed by atoms with Crippen LogP contribution in [0.5, 0.6) is 0 Å². The molecule has 2 aromatic heterocycles. The molecule has 26 heavy (non-hydrogen) atoms. The first-order valence-electron chi connectivity index (χ1n) is 7.22. The van der Waals surface area contributed by atoms with Crippen LogP contribution in [-0.2, 0) is 26.2 Å². The van der Waals surface area contributed by atoms with Crippen molar-refractivity contribution in [1.82, 2.24) is 16.0 Å². The Hall–Kier alpha value is -2.70. The minimum Gasteiger partial charge on any atom is -0.459 e. The summed E-state index contributed by atoms with van der Waals surface area (Å²) in [6.45, 7) is -0.498. The zero-order valence-electron chi connectivity index (χ0n) is 13.4. The summed E-state index contributed by atoms with van der Waals surface area (Å²) in [6.07, 6.45) is 1.33. The predicted molar refractivity (Wildman–Crippen MR) is 91.6 cm³/mol. The molecule has 0 aliphatic heterocycles. The molecule has 12 heteroatoms. The Kier molecular flexibility index (Phi) is 6.49. The van der Waals surface area contributed by atoms with Gasteiger partial charge < -0.3 is 20.4 Å². The van der Waals surface area contributed by atoms with Crippen LogP contribution in [-0.4, -0.2) is 39.2 Å². The molecule has 5 N–H and O–H groups in total. The fourth-order valence-electron chi connectivity index (χ4n) is 1.75. The van der Waals surface area contributed by atoms with E-state index in [9.17, 15) is 22.8 Å². The van der Waals surface area contributed by atoms with E-state index in [1.165, 1.54) is 24.5 Å². The molecular weight excluding hydrogens is 384 g/mol. The van der Waals surface area contributed by atoms with E-state index in [0.29, 0.717) is 4.88 Å². The van der Waals surface area contributed by atoms with Crippen molar-refractivity contribution in [2.24, 2.45) is 5.14 Å². The number of hydrogen-bond donors (Lipinski definition) is 4. The number of nitrogens with one attached hydrogen (secondary N) is 3. The minimum absolute atomic E-state index is 0.00218. The van der Waals surface area contributed by atoms with Gasteiger partial charge in [-0.15, -0.1) is 11.3 Å². The zero-order valence-corrected chi connectivity index (χ0v) is 15.0. The highest BCUT2D eigenvalue weighted by molar-refractivity contribution is 7.91. The van der Waals surface area contributed by atoms with Crippen LogP contribution in [0.3, 0.4) is 0 Å². The zero-order chi connectivity index (χ0) is 19.2. The van der Waals surface area contributed by atoms with Gasteiger partial charge in [0.15, 0.2) is 5.76 Å². The number of furan rings is 1. The highest BCUT2D eigenvalue weighted by Gasteiger charge is 2.13. The SMILES string of the molecule is NS(=O)(=O)c1ccc(CNC(=O)CNC(=O)CNC(=O)c2ccco2)s1. The first-order valence-corrected chi connectivity index (χ1v) is 9.58. The predicted octanol–water partition coefficient (Wildman–Crippen LogP) is -0.849. The summed E-state index contributed by atoms with van der Waals surface area (Å²) in [7, 11) is -3.76. The normalized spacial score (nSPS) is 11.0. The van der Waals surface area contributed by atoms with Crippen LogP contribution < -0.4 is 21.1 Å². The summed E-state index contributed by atoms with van der Waals surface area (Å²) in [5.74, 6) is -1.49. The number of carbonyl (C=O) groups excluding carboxylic acids is 3. The summed E-state index contributed by atoms with van der Waals surface area (Å²) in [6, 6.07) is 5.88. The molecular formula is C14H16N4O6S2. The minimum atomic E-state index is -3.76. The molecule has 10 nitrogen and oxygen atoms in total. The average molecular weight is 400 g/mol. The summed E-state index contributed by atoms with van der Waals surface area (Å²) in [5, 5.41) is 12.2. The topological polar surface area (TPSA) is 161 Å². The van der Waals surface area contributed by atoms with Gasteiger partial charge >= 0.3 is 0 Å². The molecule has 0 fully saturated rings. The highest BCUT2D eigenvalue weighted by Crippen LogP contribution is 2.19. The smallest absolute Gasteiger partial charge is 0.287 e. The van der Waals surface area contributed by atoms with Crippen LogP contribution in [0.4, 0.5) is 0 Å². The molecule has 2 aromatic rings. The second kappa shape index (κ2) is 8.60. The summed E-state index contributed by atoms with van der Waals surface area (Å²) in [4.78, 5) is 35.4. The van der Waals surface area contributed by atoms with Crippen LogP contribution in [0.1, 0.15) is 15.4 Å². The van der Waals surface area contributed by atoms with Gasteiger partial charge in [0.05, 0.1) is 25.9 Å². The third-order valence-electron chi connectivity index (χ3n) is 2.98. The molecule has 0 saturated carbocycles. The Balaban J connectivity index is 1.67. The molecule has 0 aromatic carbocycles. The maximum absolute atomic E-state index is 11.7.